The Morgan fingerprint density at radius 3 is 2.58 bits per heavy atom. The van der Waals surface area contributed by atoms with Gasteiger partial charge >= 0.3 is 0 Å². The molecule has 0 saturated carbocycles. The van der Waals surface area contributed by atoms with Crippen molar-refractivity contribution in [3.8, 4) is 5.75 Å². The number of benzene rings is 1. The number of nitrogens with zero attached hydrogens (tertiary/aromatic N) is 2. The van der Waals surface area contributed by atoms with Crippen LogP contribution in [0.2, 0.25) is 0 Å². The van der Waals surface area contributed by atoms with Gasteiger partial charge in [-0.2, -0.15) is 0 Å². The molecule has 1 amide bonds. The fourth-order valence-electron chi connectivity index (χ4n) is 3.80. The number of carbonyl (C=O) groups is 2. The van der Waals surface area contributed by atoms with E-state index in [0.29, 0.717) is 49.4 Å². The Hall–Kier alpha value is -2.69. The fourth-order valence-corrected chi connectivity index (χ4v) is 3.80. The monoisotopic (exact) mass is 350 g/mol. The first-order valence-corrected chi connectivity index (χ1v) is 9.01. The molecule has 2 aliphatic heterocycles. The molecule has 134 valence electrons. The van der Waals surface area contributed by atoms with Gasteiger partial charge in [0.25, 0.3) is 5.91 Å². The summed E-state index contributed by atoms with van der Waals surface area (Å²) in [5.41, 5.74) is 2.88. The number of rotatable bonds is 1. The van der Waals surface area contributed by atoms with Gasteiger partial charge in [-0.3, -0.25) is 14.6 Å². The van der Waals surface area contributed by atoms with E-state index in [0.717, 1.165) is 11.1 Å². The van der Waals surface area contributed by atoms with Crippen molar-refractivity contribution in [3.63, 3.8) is 0 Å². The van der Waals surface area contributed by atoms with Gasteiger partial charge in [-0.25, -0.2) is 0 Å². The second kappa shape index (κ2) is 6.24. The highest BCUT2D eigenvalue weighted by atomic mass is 16.5. The van der Waals surface area contributed by atoms with Crippen LogP contribution in [0.25, 0.3) is 0 Å². The predicted octanol–water partition coefficient (Wildman–Crippen LogP) is 3.34. The zero-order chi connectivity index (χ0) is 18.3. The first-order valence-electron chi connectivity index (χ1n) is 9.01. The minimum atomic E-state index is -0.493. The molecule has 2 aromatic rings. The lowest BCUT2D eigenvalue weighted by Crippen LogP contribution is -2.52. The van der Waals surface area contributed by atoms with E-state index < -0.39 is 5.60 Å². The summed E-state index contributed by atoms with van der Waals surface area (Å²) in [5, 5.41) is 0. The Balaban J connectivity index is 1.51. The molecule has 0 bridgehead atoms. The van der Waals surface area contributed by atoms with Crippen LogP contribution in [0, 0.1) is 13.8 Å². The molecule has 0 unspecified atom stereocenters. The number of likely N-dealkylation sites (tertiary alicyclic amines) is 1. The molecule has 26 heavy (non-hydrogen) atoms. The molecule has 1 aromatic heterocycles. The Kier molecular flexibility index (Phi) is 4.02. The number of hydrogen-bond acceptors (Lipinski definition) is 4. The Labute approximate surface area is 153 Å². The van der Waals surface area contributed by atoms with Crippen LogP contribution in [0.4, 0.5) is 0 Å². The van der Waals surface area contributed by atoms with Crippen LogP contribution < -0.4 is 4.74 Å². The second-order valence-corrected chi connectivity index (χ2v) is 7.32. The van der Waals surface area contributed by atoms with Crippen LogP contribution in [-0.4, -0.2) is 40.3 Å². The van der Waals surface area contributed by atoms with E-state index in [1.807, 2.05) is 32.0 Å². The minimum Gasteiger partial charge on any atom is -0.486 e. The van der Waals surface area contributed by atoms with Gasteiger partial charge in [0.1, 0.15) is 17.0 Å². The number of aryl methyl sites for hydroxylation is 2. The topological polar surface area (TPSA) is 59.5 Å². The smallest absolute Gasteiger partial charge is 0.272 e. The number of ether oxygens (including phenoxy) is 1. The maximum absolute atomic E-state index is 12.7. The SMILES string of the molecule is Cc1cc2c(cc1C)C(=O)CC1(CCN(C(=O)c3ccccn3)CC1)O2. The maximum Gasteiger partial charge on any atom is 0.272 e. The van der Waals surface area contributed by atoms with Crippen LogP contribution in [-0.2, 0) is 0 Å². The Morgan fingerprint density at radius 1 is 1.15 bits per heavy atom. The largest absolute Gasteiger partial charge is 0.486 e. The van der Waals surface area contributed by atoms with Crippen molar-refractivity contribution in [2.45, 2.75) is 38.7 Å². The lowest BCUT2D eigenvalue weighted by molar-refractivity contribution is -0.00589. The summed E-state index contributed by atoms with van der Waals surface area (Å²) in [5.74, 6) is 0.766. The molecule has 5 nitrogen and oxygen atoms in total. The van der Waals surface area contributed by atoms with E-state index in [1.54, 1.807) is 23.2 Å². The minimum absolute atomic E-state index is 0.0607. The van der Waals surface area contributed by atoms with E-state index in [4.69, 9.17) is 4.74 Å². The predicted molar refractivity (Wildman–Crippen MR) is 97.6 cm³/mol. The number of piperidine rings is 1. The molecule has 2 aliphatic rings. The number of amides is 1. The summed E-state index contributed by atoms with van der Waals surface area (Å²) in [6.07, 6.45) is 3.32. The van der Waals surface area contributed by atoms with E-state index >= 15 is 0 Å². The first-order chi connectivity index (χ1) is 12.5. The lowest BCUT2D eigenvalue weighted by atomic mass is 9.82. The van der Waals surface area contributed by atoms with Gasteiger partial charge in [0.05, 0.1) is 12.0 Å². The van der Waals surface area contributed by atoms with Gasteiger partial charge in [0.15, 0.2) is 5.78 Å². The molecule has 1 aromatic carbocycles. The van der Waals surface area contributed by atoms with E-state index in [9.17, 15) is 9.59 Å². The average molecular weight is 350 g/mol. The van der Waals surface area contributed by atoms with Crippen molar-refractivity contribution in [2.24, 2.45) is 0 Å². The number of pyridine rings is 1. The molecule has 1 spiro atoms. The molecule has 0 atom stereocenters. The zero-order valence-corrected chi connectivity index (χ0v) is 15.1. The van der Waals surface area contributed by atoms with Crippen molar-refractivity contribution >= 4 is 11.7 Å². The highest BCUT2D eigenvalue weighted by Gasteiger charge is 2.44. The molecule has 1 saturated heterocycles. The molecule has 5 heteroatoms. The van der Waals surface area contributed by atoms with Crippen molar-refractivity contribution in [1.82, 2.24) is 9.88 Å². The third-order valence-electron chi connectivity index (χ3n) is 5.55. The normalized spacial score (nSPS) is 18.4. The summed E-state index contributed by atoms with van der Waals surface area (Å²) < 4.78 is 6.33. The third kappa shape index (κ3) is 2.87. The van der Waals surface area contributed by atoms with E-state index in [1.165, 1.54) is 0 Å². The molecule has 0 aliphatic carbocycles. The molecule has 0 N–H and O–H groups in total. The van der Waals surface area contributed by atoms with Crippen LogP contribution in [0.3, 0.4) is 0 Å². The number of ketones is 1. The van der Waals surface area contributed by atoms with Gasteiger partial charge in [-0.05, 0) is 49.2 Å². The maximum atomic E-state index is 12.7. The quantitative estimate of drug-likeness (QED) is 0.791. The Morgan fingerprint density at radius 2 is 1.88 bits per heavy atom. The number of aromatic nitrogens is 1. The molecular formula is C21H22N2O3. The lowest BCUT2D eigenvalue weighted by Gasteiger charge is -2.44. The highest BCUT2D eigenvalue weighted by molar-refractivity contribution is 6.00. The van der Waals surface area contributed by atoms with Crippen molar-refractivity contribution in [3.05, 3.63) is 58.9 Å². The zero-order valence-electron chi connectivity index (χ0n) is 15.1. The third-order valence-corrected chi connectivity index (χ3v) is 5.55. The van der Waals surface area contributed by atoms with Gasteiger partial charge < -0.3 is 9.64 Å². The average Bonchev–Trinajstić information content (AvgIpc) is 2.64. The molecule has 3 heterocycles. The summed E-state index contributed by atoms with van der Waals surface area (Å²) in [6, 6.07) is 9.24. The van der Waals surface area contributed by atoms with Crippen LogP contribution in [0.15, 0.2) is 36.5 Å². The van der Waals surface area contributed by atoms with Crippen molar-refractivity contribution < 1.29 is 14.3 Å². The van der Waals surface area contributed by atoms with Gasteiger partial charge in [-0.15, -0.1) is 0 Å². The van der Waals surface area contributed by atoms with Gasteiger partial charge in [0.2, 0.25) is 0 Å². The molecule has 1 fully saturated rings. The van der Waals surface area contributed by atoms with Crippen LogP contribution in [0.1, 0.15) is 51.2 Å². The van der Waals surface area contributed by atoms with E-state index in [2.05, 4.69) is 4.98 Å². The van der Waals surface area contributed by atoms with Crippen molar-refractivity contribution in [2.75, 3.05) is 13.1 Å². The summed E-state index contributed by atoms with van der Waals surface area (Å²) >= 11 is 0. The first kappa shape index (κ1) is 16.8. The molecule has 0 radical (unpaired) electrons. The summed E-state index contributed by atoms with van der Waals surface area (Å²) in [7, 11) is 0. The molecule has 4 rings (SSSR count). The highest BCUT2D eigenvalue weighted by Crippen LogP contribution is 2.40. The van der Waals surface area contributed by atoms with E-state index in [-0.39, 0.29) is 11.7 Å². The number of hydrogen-bond donors (Lipinski definition) is 0. The number of carbonyl (C=O) groups excluding carboxylic acids is 2. The fraction of sp³-hybridized carbons (Fsp3) is 0.381. The van der Waals surface area contributed by atoms with Gasteiger partial charge in [0, 0.05) is 32.1 Å². The van der Waals surface area contributed by atoms with Crippen LogP contribution in [0.5, 0.6) is 5.75 Å². The van der Waals surface area contributed by atoms with Crippen LogP contribution >= 0.6 is 0 Å². The van der Waals surface area contributed by atoms with Crippen molar-refractivity contribution in [1.29, 1.82) is 0 Å². The second-order valence-electron chi connectivity index (χ2n) is 7.32. The summed E-state index contributed by atoms with van der Waals surface area (Å²) in [6.45, 7) is 5.18. The number of fused-ring (bicyclic) bond motifs is 1. The van der Waals surface area contributed by atoms with Gasteiger partial charge in [-0.1, -0.05) is 6.07 Å². The standard InChI is InChI=1S/C21H22N2O3/c1-14-11-16-18(24)13-21(26-19(16)12-15(14)2)6-9-23(10-7-21)20(25)17-5-3-4-8-22-17/h3-5,8,11-12H,6-7,9-10,13H2,1-2H3. The number of Topliss-reactive ketones (excluding diaryl/α,β-unsaturated/α-hetero) is 1. The Bertz CT molecular complexity index is 868. The molecular weight excluding hydrogens is 328 g/mol. The summed E-state index contributed by atoms with van der Waals surface area (Å²) in [4.78, 5) is 31.2.